The molecule has 0 bridgehead atoms. The molecule has 1 saturated heterocycles. The van der Waals surface area contributed by atoms with Crippen LogP contribution in [0.25, 0.3) is 11.0 Å². The number of carbonyl (C=O) groups excluding carboxylic acids is 2. The van der Waals surface area contributed by atoms with Gasteiger partial charge in [-0.25, -0.2) is 4.79 Å². The smallest absolute Gasteiger partial charge is 0.326 e. The van der Waals surface area contributed by atoms with Crippen molar-refractivity contribution in [3.8, 4) is 5.75 Å². The number of nitrogens with zero attached hydrogens (tertiary/aromatic N) is 3. The minimum atomic E-state index is -0.201. The Morgan fingerprint density at radius 1 is 1.03 bits per heavy atom. The van der Waals surface area contributed by atoms with E-state index in [1.54, 1.807) is 17.7 Å². The molecule has 9 heteroatoms. The first kappa shape index (κ1) is 25.1. The highest BCUT2D eigenvalue weighted by Gasteiger charge is 2.30. The number of aromatic nitrogens is 2. The molecule has 196 valence electrons. The van der Waals surface area contributed by atoms with Crippen molar-refractivity contribution in [2.45, 2.75) is 38.6 Å². The molecule has 3 aromatic rings. The molecule has 1 aliphatic carbocycles. The molecule has 2 N–H and O–H groups in total. The van der Waals surface area contributed by atoms with Crippen molar-refractivity contribution in [1.29, 1.82) is 0 Å². The maximum Gasteiger partial charge on any atom is 0.326 e. The summed E-state index contributed by atoms with van der Waals surface area (Å²) in [6.07, 6.45) is 2.83. The SMILES string of the molecule is COc1cc(NC(=O)[C@H]2CC[C@@H](n3c(=O)[nH]c4c(C(=O)N5CCN(C)CC5)cccc43)CC2)ccc1C. The third-order valence-electron chi connectivity index (χ3n) is 7.88. The fourth-order valence-corrected chi connectivity index (χ4v) is 5.61. The molecule has 2 amide bonds. The average Bonchev–Trinajstić information content (AvgIpc) is 3.25. The third-order valence-corrected chi connectivity index (χ3v) is 7.88. The van der Waals surface area contributed by atoms with Crippen LogP contribution in [0, 0.1) is 12.8 Å². The summed E-state index contributed by atoms with van der Waals surface area (Å²) in [5, 5.41) is 3.02. The van der Waals surface area contributed by atoms with Crippen molar-refractivity contribution in [1.82, 2.24) is 19.4 Å². The second-order valence-corrected chi connectivity index (χ2v) is 10.3. The van der Waals surface area contributed by atoms with Gasteiger partial charge in [0.1, 0.15) is 5.75 Å². The lowest BCUT2D eigenvalue weighted by Gasteiger charge is -2.32. The molecule has 2 fully saturated rings. The predicted octanol–water partition coefficient (Wildman–Crippen LogP) is 3.40. The van der Waals surface area contributed by atoms with E-state index in [2.05, 4.69) is 22.2 Å². The van der Waals surface area contributed by atoms with Gasteiger partial charge in [-0.05, 0) is 63.4 Å². The number of aryl methyl sites for hydroxylation is 1. The summed E-state index contributed by atoms with van der Waals surface area (Å²) in [6, 6.07) is 11.2. The number of anilines is 1. The van der Waals surface area contributed by atoms with Crippen LogP contribution in [0.2, 0.25) is 0 Å². The minimum Gasteiger partial charge on any atom is -0.496 e. The number of likely N-dealkylation sites (N-methyl/N-ethyl adjacent to an activating group) is 1. The fourth-order valence-electron chi connectivity index (χ4n) is 5.61. The van der Waals surface area contributed by atoms with E-state index in [1.165, 1.54) is 0 Å². The second-order valence-electron chi connectivity index (χ2n) is 10.3. The van der Waals surface area contributed by atoms with E-state index < -0.39 is 0 Å². The number of aromatic amines is 1. The number of hydrogen-bond donors (Lipinski definition) is 2. The molecular formula is C28H35N5O4. The van der Waals surface area contributed by atoms with E-state index in [9.17, 15) is 14.4 Å². The molecule has 2 aliphatic rings. The van der Waals surface area contributed by atoms with Gasteiger partial charge in [0.05, 0.1) is 23.7 Å². The summed E-state index contributed by atoms with van der Waals surface area (Å²) >= 11 is 0. The number of piperazine rings is 1. The highest BCUT2D eigenvalue weighted by atomic mass is 16.5. The van der Waals surface area contributed by atoms with Crippen LogP contribution in [0.3, 0.4) is 0 Å². The van der Waals surface area contributed by atoms with E-state index >= 15 is 0 Å². The molecule has 2 heterocycles. The van der Waals surface area contributed by atoms with Crippen molar-refractivity contribution in [3.63, 3.8) is 0 Å². The van der Waals surface area contributed by atoms with Crippen LogP contribution >= 0.6 is 0 Å². The Kier molecular flexibility index (Phi) is 7.06. The van der Waals surface area contributed by atoms with E-state index in [0.29, 0.717) is 37.0 Å². The molecule has 0 atom stereocenters. The number of methoxy groups -OCH3 is 1. The zero-order chi connectivity index (χ0) is 26.1. The minimum absolute atomic E-state index is 0.00399. The molecule has 2 aromatic carbocycles. The standard InChI is InChI=1S/C28H35N5O4/c1-18-7-10-20(17-24(18)37-3)29-26(34)19-8-11-21(12-9-19)33-23-6-4-5-22(25(23)30-28(33)36)27(35)32-15-13-31(2)14-16-32/h4-7,10,17,19,21H,8-9,11-16H2,1-3H3,(H,29,34)(H,30,36)/t19-,21+. The van der Waals surface area contributed by atoms with Crippen molar-refractivity contribution in [2.75, 3.05) is 45.7 Å². The van der Waals surface area contributed by atoms with Gasteiger partial charge < -0.3 is 24.8 Å². The maximum absolute atomic E-state index is 13.3. The molecule has 1 aromatic heterocycles. The van der Waals surface area contributed by atoms with Gasteiger partial charge in [0.2, 0.25) is 5.91 Å². The normalized spacial score (nSPS) is 20.7. The van der Waals surface area contributed by atoms with Gasteiger partial charge in [-0.1, -0.05) is 12.1 Å². The van der Waals surface area contributed by atoms with Crippen molar-refractivity contribution in [2.24, 2.45) is 5.92 Å². The number of nitrogens with one attached hydrogen (secondary N) is 2. The Morgan fingerprint density at radius 3 is 2.46 bits per heavy atom. The zero-order valence-corrected chi connectivity index (χ0v) is 21.8. The summed E-state index contributed by atoms with van der Waals surface area (Å²) < 4.78 is 7.15. The van der Waals surface area contributed by atoms with Crippen LogP contribution in [-0.4, -0.2) is 71.5 Å². The van der Waals surface area contributed by atoms with Crippen LogP contribution in [0.1, 0.15) is 47.6 Å². The maximum atomic E-state index is 13.3. The number of para-hydroxylation sites is 1. The topological polar surface area (TPSA) is 99.7 Å². The second kappa shape index (κ2) is 10.4. The first-order chi connectivity index (χ1) is 17.9. The van der Waals surface area contributed by atoms with Crippen molar-refractivity contribution < 1.29 is 14.3 Å². The summed E-state index contributed by atoms with van der Waals surface area (Å²) in [5.74, 6) is 0.584. The Balaban J connectivity index is 1.29. The van der Waals surface area contributed by atoms with Gasteiger partial charge in [0, 0.05) is 49.9 Å². The summed E-state index contributed by atoms with van der Waals surface area (Å²) in [4.78, 5) is 46.3. The molecule has 5 rings (SSSR count). The molecule has 37 heavy (non-hydrogen) atoms. The Labute approximate surface area is 216 Å². The number of benzene rings is 2. The Bertz CT molecular complexity index is 1360. The number of carbonyl (C=O) groups is 2. The van der Waals surface area contributed by atoms with Crippen LogP contribution in [0.4, 0.5) is 5.69 Å². The first-order valence-electron chi connectivity index (χ1n) is 13.0. The van der Waals surface area contributed by atoms with Crippen LogP contribution < -0.4 is 15.7 Å². The summed E-state index contributed by atoms with van der Waals surface area (Å²) in [7, 11) is 3.67. The summed E-state index contributed by atoms with van der Waals surface area (Å²) in [6.45, 7) is 5.00. The van der Waals surface area contributed by atoms with Crippen LogP contribution in [-0.2, 0) is 4.79 Å². The first-order valence-corrected chi connectivity index (χ1v) is 13.0. The highest BCUT2D eigenvalue weighted by molar-refractivity contribution is 6.05. The van der Waals surface area contributed by atoms with Gasteiger partial charge >= 0.3 is 5.69 Å². The number of fused-ring (bicyclic) bond motifs is 1. The number of rotatable bonds is 5. The van der Waals surface area contributed by atoms with Gasteiger partial charge in [-0.2, -0.15) is 0 Å². The fraction of sp³-hybridized carbons (Fsp3) is 0.464. The van der Waals surface area contributed by atoms with Crippen LogP contribution in [0.5, 0.6) is 5.75 Å². The molecule has 0 radical (unpaired) electrons. The average molecular weight is 506 g/mol. The number of H-pyrrole nitrogens is 1. The van der Waals surface area contributed by atoms with Crippen molar-refractivity contribution in [3.05, 3.63) is 58.0 Å². The van der Waals surface area contributed by atoms with Gasteiger partial charge in [0.15, 0.2) is 0 Å². The highest BCUT2D eigenvalue weighted by Crippen LogP contribution is 2.34. The quantitative estimate of drug-likeness (QED) is 0.554. The van der Waals surface area contributed by atoms with Gasteiger partial charge in [0.25, 0.3) is 5.91 Å². The predicted molar refractivity (Wildman–Crippen MR) is 143 cm³/mol. The lowest BCUT2D eigenvalue weighted by molar-refractivity contribution is -0.121. The largest absolute Gasteiger partial charge is 0.496 e. The van der Waals surface area contributed by atoms with E-state index in [1.807, 2.05) is 42.2 Å². The van der Waals surface area contributed by atoms with E-state index in [4.69, 9.17) is 4.74 Å². The van der Waals surface area contributed by atoms with E-state index in [0.717, 1.165) is 48.4 Å². The monoisotopic (exact) mass is 505 g/mol. The number of imidazole rings is 1. The Morgan fingerprint density at radius 2 is 1.76 bits per heavy atom. The number of amides is 2. The third kappa shape index (κ3) is 5.00. The molecule has 1 aliphatic heterocycles. The molecular weight excluding hydrogens is 470 g/mol. The van der Waals surface area contributed by atoms with Gasteiger partial charge in [-0.15, -0.1) is 0 Å². The number of ether oxygens (including phenoxy) is 1. The van der Waals surface area contributed by atoms with E-state index in [-0.39, 0.29) is 29.5 Å². The molecule has 0 unspecified atom stereocenters. The lowest BCUT2D eigenvalue weighted by Crippen LogP contribution is -2.47. The zero-order valence-electron chi connectivity index (χ0n) is 21.8. The molecule has 0 spiro atoms. The van der Waals surface area contributed by atoms with Crippen LogP contribution in [0.15, 0.2) is 41.2 Å². The van der Waals surface area contributed by atoms with Gasteiger partial charge in [-0.3, -0.25) is 14.2 Å². The molecule has 9 nitrogen and oxygen atoms in total. The summed E-state index contributed by atoms with van der Waals surface area (Å²) in [5.41, 5.74) is 3.43. The number of hydrogen-bond acceptors (Lipinski definition) is 5. The molecule has 1 saturated carbocycles. The van der Waals surface area contributed by atoms with Crippen molar-refractivity contribution >= 4 is 28.5 Å². The Hall–Kier alpha value is -3.59. The lowest BCUT2D eigenvalue weighted by atomic mass is 9.85.